The lowest BCUT2D eigenvalue weighted by Gasteiger charge is -2.42. The van der Waals surface area contributed by atoms with Crippen LogP contribution in [0, 0.1) is 0 Å². The van der Waals surface area contributed by atoms with Crippen LogP contribution in [0.2, 0.25) is 0 Å². The molecule has 0 saturated carbocycles. The molecule has 2 amide bonds. The number of nitrogens with one attached hydrogen (secondary N) is 1. The van der Waals surface area contributed by atoms with Crippen LogP contribution in [0.25, 0.3) is 0 Å². The molecule has 2 aliphatic rings. The quantitative estimate of drug-likeness (QED) is 0.881. The summed E-state index contributed by atoms with van der Waals surface area (Å²) in [6.07, 6.45) is 3.48. The second-order valence-electron chi connectivity index (χ2n) is 5.61. The van der Waals surface area contributed by atoms with Crippen molar-refractivity contribution in [1.82, 2.24) is 10.2 Å². The largest absolute Gasteiger partial charge is 0.345 e. The topological polar surface area (TPSA) is 49.4 Å². The number of hydrogen-bond acceptors (Lipinski definition) is 2. The van der Waals surface area contributed by atoms with Crippen molar-refractivity contribution in [1.29, 1.82) is 0 Å². The highest BCUT2D eigenvalue weighted by Crippen LogP contribution is 2.27. The Labute approximate surface area is 119 Å². The van der Waals surface area contributed by atoms with Gasteiger partial charge in [-0.2, -0.15) is 0 Å². The predicted molar refractivity (Wildman–Crippen MR) is 76.2 cm³/mol. The van der Waals surface area contributed by atoms with Crippen LogP contribution in [-0.2, 0) is 22.4 Å². The van der Waals surface area contributed by atoms with Crippen molar-refractivity contribution in [2.75, 3.05) is 6.54 Å². The number of benzene rings is 1. The summed E-state index contributed by atoms with van der Waals surface area (Å²) in [6, 6.07) is 8.27. The van der Waals surface area contributed by atoms with E-state index < -0.39 is 0 Å². The van der Waals surface area contributed by atoms with Crippen LogP contribution in [-0.4, -0.2) is 35.3 Å². The zero-order chi connectivity index (χ0) is 14.1. The minimum absolute atomic E-state index is 0.00837. The van der Waals surface area contributed by atoms with E-state index in [2.05, 4.69) is 23.5 Å². The van der Waals surface area contributed by atoms with Gasteiger partial charge in [-0.15, -0.1) is 0 Å². The van der Waals surface area contributed by atoms with E-state index in [9.17, 15) is 9.59 Å². The molecule has 1 fully saturated rings. The molecule has 3 rings (SSSR count). The molecule has 1 aromatic rings. The minimum atomic E-state index is -0.300. The monoisotopic (exact) mass is 272 g/mol. The Hall–Kier alpha value is -1.84. The van der Waals surface area contributed by atoms with Gasteiger partial charge >= 0.3 is 0 Å². The number of amides is 2. The Morgan fingerprint density at radius 1 is 1.25 bits per heavy atom. The van der Waals surface area contributed by atoms with Crippen molar-refractivity contribution < 1.29 is 9.59 Å². The average molecular weight is 272 g/mol. The number of piperazine rings is 1. The van der Waals surface area contributed by atoms with E-state index in [1.807, 2.05) is 17.9 Å². The normalized spacial score (nSPS) is 26.1. The Bertz CT molecular complexity index is 541. The molecule has 2 atom stereocenters. The number of nitrogens with zero attached hydrogens (tertiary/aromatic N) is 1. The zero-order valence-electron chi connectivity index (χ0n) is 11.8. The van der Waals surface area contributed by atoms with Gasteiger partial charge in [-0.05, 0) is 36.8 Å². The molecule has 1 N–H and O–H groups in total. The summed E-state index contributed by atoms with van der Waals surface area (Å²) in [5.41, 5.74) is 2.70. The van der Waals surface area contributed by atoms with E-state index in [0.29, 0.717) is 6.42 Å². The highest BCUT2D eigenvalue weighted by molar-refractivity contribution is 5.95. The van der Waals surface area contributed by atoms with Crippen molar-refractivity contribution in [3.63, 3.8) is 0 Å². The standard InChI is InChI=1S/C16H20N2O2/c1-2-14-16(20)17-10-15(19)18(14)13-8-7-11-5-3-4-6-12(11)9-13/h3-6,13-14H,2,7-10H2,1H3,(H,17,20). The number of fused-ring (bicyclic) bond motifs is 1. The number of hydrogen-bond donors (Lipinski definition) is 1. The number of aryl methyl sites for hydroxylation is 1. The van der Waals surface area contributed by atoms with Gasteiger partial charge in [0.05, 0.1) is 6.54 Å². The molecule has 4 heteroatoms. The van der Waals surface area contributed by atoms with E-state index in [1.165, 1.54) is 11.1 Å². The van der Waals surface area contributed by atoms with Gasteiger partial charge in [0, 0.05) is 6.04 Å². The van der Waals surface area contributed by atoms with Gasteiger partial charge in [0.2, 0.25) is 11.8 Å². The Balaban J connectivity index is 1.85. The fourth-order valence-corrected chi connectivity index (χ4v) is 3.43. The molecular formula is C16H20N2O2. The Morgan fingerprint density at radius 2 is 2.00 bits per heavy atom. The molecule has 1 aliphatic carbocycles. The van der Waals surface area contributed by atoms with E-state index in [0.717, 1.165) is 19.3 Å². The summed E-state index contributed by atoms with van der Waals surface area (Å²) in [5, 5.41) is 2.69. The van der Waals surface area contributed by atoms with Gasteiger partial charge in [-0.1, -0.05) is 31.2 Å². The first-order chi connectivity index (χ1) is 9.70. The minimum Gasteiger partial charge on any atom is -0.345 e. The fraction of sp³-hybridized carbons (Fsp3) is 0.500. The second kappa shape index (κ2) is 5.27. The van der Waals surface area contributed by atoms with Crippen molar-refractivity contribution in [2.24, 2.45) is 0 Å². The summed E-state index contributed by atoms with van der Waals surface area (Å²) in [7, 11) is 0. The first-order valence-electron chi connectivity index (χ1n) is 7.36. The van der Waals surface area contributed by atoms with Gasteiger partial charge in [0.25, 0.3) is 0 Å². The molecular weight excluding hydrogens is 252 g/mol. The summed E-state index contributed by atoms with van der Waals surface area (Å²) in [6.45, 7) is 2.11. The summed E-state index contributed by atoms with van der Waals surface area (Å²) in [5.74, 6) is 0.0480. The van der Waals surface area contributed by atoms with Crippen LogP contribution in [0.15, 0.2) is 24.3 Å². The summed E-state index contributed by atoms with van der Waals surface area (Å²) >= 11 is 0. The molecule has 2 unspecified atom stereocenters. The van der Waals surface area contributed by atoms with Crippen LogP contribution < -0.4 is 5.32 Å². The first-order valence-corrected chi connectivity index (χ1v) is 7.36. The molecule has 1 heterocycles. The van der Waals surface area contributed by atoms with Gasteiger partial charge in [-0.3, -0.25) is 9.59 Å². The van der Waals surface area contributed by atoms with Gasteiger partial charge < -0.3 is 10.2 Å². The van der Waals surface area contributed by atoms with Crippen LogP contribution in [0.4, 0.5) is 0 Å². The van der Waals surface area contributed by atoms with E-state index >= 15 is 0 Å². The van der Waals surface area contributed by atoms with E-state index in [-0.39, 0.29) is 30.4 Å². The lowest BCUT2D eigenvalue weighted by Crippen LogP contribution is -2.62. The molecule has 1 aromatic carbocycles. The molecule has 0 aromatic heterocycles. The molecule has 1 aliphatic heterocycles. The highest BCUT2D eigenvalue weighted by atomic mass is 16.2. The van der Waals surface area contributed by atoms with Crippen molar-refractivity contribution in [2.45, 2.75) is 44.7 Å². The molecule has 0 radical (unpaired) electrons. The lowest BCUT2D eigenvalue weighted by molar-refractivity contribution is -0.148. The predicted octanol–water partition coefficient (Wildman–Crippen LogP) is 1.28. The molecule has 4 nitrogen and oxygen atoms in total. The number of carbonyl (C=O) groups is 2. The van der Waals surface area contributed by atoms with Gasteiger partial charge in [0.15, 0.2) is 0 Å². The van der Waals surface area contributed by atoms with Crippen LogP contribution in [0.1, 0.15) is 30.9 Å². The van der Waals surface area contributed by atoms with Gasteiger partial charge in [0.1, 0.15) is 6.04 Å². The van der Waals surface area contributed by atoms with Crippen LogP contribution in [0.3, 0.4) is 0 Å². The van der Waals surface area contributed by atoms with Crippen molar-refractivity contribution in [3.8, 4) is 0 Å². The number of carbonyl (C=O) groups excluding carboxylic acids is 2. The Morgan fingerprint density at radius 3 is 2.75 bits per heavy atom. The maximum Gasteiger partial charge on any atom is 0.243 e. The lowest BCUT2D eigenvalue weighted by atomic mass is 9.86. The second-order valence-corrected chi connectivity index (χ2v) is 5.61. The summed E-state index contributed by atoms with van der Waals surface area (Å²) < 4.78 is 0. The third kappa shape index (κ3) is 2.19. The third-order valence-electron chi connectivity index (χ3n) is 4.44. The molecule has 106 valence electrons. The van der Waals surface area contributed by atoms with Crippen molar-refractivity contribution >= 4 is 11.8 Å². The molecule has 1 saturated heterocycles. The van der Waals surface area contributed by atoms with Crippen LogP contribution in [0.5, 0.6) is 0 Å². The van der Waals surface area contributed by atoms with E-state index in [4.69, 9.17) is 0 Å². The molecule has 20 heavy (non-hydrogen) atoms. The summed E-state index contributed by atoms with van der Waals surface area (Å²) in [4.78, 5) is 26.0. The fourth-order valence-electron chi connectivity index (χ4n) is 3.43. The number of rotatable bonds is 2. The smallest absolute Gasteiger partial charge is 0.243 e. The zero-order valence-corrected chi connectivity index (χ0v) is 11.8. The molecule has 0 spiro atoms. The SMILES string of the molecule is CCC1C(=O)NCC(=O)N1C1CCc2ccccc2C1. The Kier molecular flexibility index (Phi) is 3.47. The maximum atomic E-state index is 12.2. The third-order valence-corrected chi connectivity index (χ3v) is 4.44. The van der Waals surface area contributed by atoms with Crippen LogP contribution >= 0.6 is 0 Å². The highest BCUT2D eigenvalue weighted by Gasteiger charge is 2.38. The van der Waals surface area contributed by atoms with E-state index in [1.54, 1.807) is 0 Å². The van der Waals surface area contributed by atoms with Gasteiger partial charge in [-0.25, -0.2) is 0 Å². The molecule has 0 bridgehead atoms. The van der Waals surface area contributed by atoms with Crippen molar-refractivity contribution in [3.05, 3.63) is 35.4 Å². The maximum absolute atomic E-state index is 12.2. The first kappa shape index (κ1) is 13.2. The average Bonchev–Trinajstić information content (AvgIpc) is 2.48.